The second kappa shape index (κ2) is 50.7. The minimum atomic E-state index is -0.848. The molecular formula is C58H86O6. The maximum Gasteiger partial charge on any atom is 0.309 e. The average molecular weight is 879 g/mol. The average Bonchev–Trinajstić information content (AvgIpc) is 3.29. The van der Waals surface area contributed by atoms with E-state index in [4.69, 9.17) is 14.2 Å². The van der Waals surface area contributed by atoms with Crippen LogP contribution in [0.3, 0.4) is 0 Å². The van der Waals surface area contributed by atoms with Crippen molar-refractivity contribution in [2.45, 2.75) is 175 Å². The van der Waals surface area contributed by atoms with Gasteiger partial charge < -0.3 is 14.2 Å². The topological polar surface area (TPSA) is 78.9 Å². The zero-order valence-corrected chi connectivity index (χ0v) is 40.2. The predicted octanol–water partition coefficient (Wildman–Crippen LogP) is 16.2. The molecule has 0 aromatic rings. The van der Waals surface area contributed by atoms with Crippen LogP contribution in [0.1, 0.15) is 168 Å². The van der Waals surface area contributed by atoms with E-state index in [9.17, 15) is 14.4 Å². The Bertz CT molecular complexity index is 1520. The Hall–Kier alpha value is -4.97. The van der Waals surface area contributed by atoms with Gasteiger partial charge in [0.05, 0.1) is 6.42 Å². The second-order valence-corrected chi connectivity index (χ2v) is 15.4. The van der Waals surface area contributed by atoms with E-state index in [2.05, 4.69) is 130 Å². The van der Waals surface area contributed by atoms with Crippen molar-refractivity contribution >= 4 is 17.9 Å². The summed E-state index contributed by atoms with van der Waals surface area (Å²) in [4.78, 5) is 37.8. The van der Waals surface area contributed by atoms with E-state index in [0.717, 1.165) is 116 Å². The van der Waals surface area contributed by atoms with Crippen LogP contribution in [0, 0.1) is 0 Å². The van der Waals surface area contributed by atoms with Crippen molar-refractivity contribution < 1.29 is 28.6 Å². The summed E-state index contributed by atoms with van der Waals surface area (Å²) in [7, 11) is 0. The number of allylic oxidation sites excluding steroid dienone is 25. The fourth-order valence-corrected chi connectivity index (χ4v) is 5.79. The fraction of sp³-hybridized carbons (Fsp3) is 0.500. The number of unbranched alkanes of at least 4 members (excludes halogenated alkanes) is 9. The molecule has 0 amide bonds. The summed E-state index contributed by atoms with van der Waals surface area (Å²) < 4.78 is 16.6. The number of ether oxygens (including phenoxy) is 3. The van der Waals surface area contributed by atoms with Gasteiger partial charge in [-0.05, 0) is 96.3 Å². The summed E-state index contributed by atoms with van der Waals surface area (Å²) in [6.45, 7) is 6.13. The van der Waals surface area contributed by atoms with Gasteiger partial charge in [-0.1, -0.05) is 211 Å². The largest absolute Gasteiger partial charge is 0.462 e. The van der Waals surface area contributed by atoms with E-state index in [-0.39, 0.29) is 38.0 Å². The lowest BCUT2D eigenvalue weighted by Gasteiger charge is -2.18. The monoisotopic (exact) mass is 879 g/mol. The van der Waals surface area contributed by atoms with Gasteiger partial charge in [-0.3, -0.25) is 14.4 Å². The van der Waals surface area contributed by atoms with Gasteiger partial charge in [0, 0.05) is 12.8 Å². The number of carbonyl (C=O) groups excluding carboxylic acids is 3. The third kappa shape index (κ3) is 48.1. The van der Waals surface area contributed by atoms with Gasteiger partial charge >= 0.3 is 17.9 Å². The van der Waals surface area contributed by atoms with Crippen molar-refractivity contribution in [2.75, 3.05) is 13.2 Å². The Labute approximate surface area is 390 Å². The fourth-order valence-electron chi connectivity index (χ4n) is 5.79. The van der Waals surface area contributed by atoms with Gasteiger partial charge in [-0.15, -0.1) is 0 Å². The second-order valence-electron chi connectivity index (χ2n) is 15.4. The van der Waals surface area contributed by atoms with Gasteiger partial charge in [-0.2, -0.15) is 0 Å². The summed E-state index contributed by atoms with van der Waals surface area (Å²) in [6, 6.07) is 0. The van der Waals surface area contributed by atoms with Crippen molar-refractivity contribution in [1.82, 2.24) is 0 Å². The molecule has 0 aliphatic carbocycles. The highest BCUT2D eigenvalue weighted by molar-refractivity contribution is 5.72. The molecular weight excluding hydrogens is 793 g/mol. The van der Waals surface area contributed by atoms with Gasteiger partial charge in [0.15, 0.2) is 6.10 Å². The van der Waals surface area contributed by atoms with Crippen LogP contribution < -0.4 is 0 Å². The predicted molar refractivity (Wildman–Crippen MR) is 274 cm³/mol. The molecule has 0 fully saturated rings. The van der Waals surface area contributed by atoms with E-state index < -0.39 is 12.1 Å². The first-order chi connectivity index (χ1) is 31.5. The molecule has 0 spiro atoms. The van der Waals surface area contributed by atoms with Gasteiger partial charge in [0.1, 0.15) is 13.2 Å². The molecule has 0 aromatic heterocycles. The molecule has 0 N–H and O–H groups in total. The molecule has 0 aromatic carbocycles. The van der Waals surface area contributed by atoms with Crippen LogP contribution in [0.4, 0.5) is 0 Å². The first-order valence-corrected chi connectivity index (χ1v) is 24.6. The maximum absolute atomic E-state index is 12.8. The van der Waals surface area contributed by atoms with Crippen LogP contribution in [0.5, 0.6) is 0 Å². The van der Waals surface area contributed by atoms with E-state index >= 15 is 0 Å². The standard InChI is InChI=1S/C58H86O6/c1-4-7-10-13-16-19-21-23-25-27-29-31-32-34-36-39-42-45-48-51-57(60)63-54-55(53-62-56(59)50-47-44-41-38-18-15-12-9-6-3)64-58(61)52-49-46-43-40-37-35-33-30-28-26-24-22-20-17-14-11-8-5-2/h7,9-12,14,16-20,22-26,28-31,33-34,36,38,44,47,55H,4-6,8,13,15,21,27,32,35,37,39-43,45-46,48-54H2,1-3H3/b10-7-,12-9-,14-11-,19-16-,20-17-,24-22-,25-23-,28-26-,31-29-,33-30-,36-34-,38-18-,47-44-. The van der Waals surface area contributed by atoms with E-state index in [1.54, 1.807) is 6.08 Å². The molecule has 354 valence electrons. The summed E-state index contributed by atoms with van der Waals surface area (Å²) >= 11 is 0. The molecule has 0 aliphatic heterocycles. The number of hydrogen-bond donors (Lipinski definition) is 0. The highest BCUT2D eigenvalue weighted by atomic mass is 16.6. The molecule has 0 radical (unpaired) electrons. The SMILES string of the molecule is CC/C=C\C/C=C\C/C=C\C/C=C\C/C=C\CCCCCC(=O)OCC(COC(=O)C/C=C\C/C=C\C/C=C\CC)OC(=O)CCCCCCC\C=C/C=C\C=C/C=C\C=C/CCC. The first kappa shape index (κ1) is 59.0. The summed E-state index contributed by atoms with van der Waals surface area (Å²) in [5.41, 5.74) is 0. The lowest BCUT2D eigenvalue weighted by atomic mass is 10.1. The van der Waals surface area contributed by atoms with Crippen LogP contribution in [-0.2, 0) is 28.6 Å². The highest BCUT2D eigenvalue weighted by Crippen LogP contribution is 2.11. The zero-order valence-electron chi connectivity index (χ0n) is 40.2. The van der Waals surface area contributed by atoms with Crippen molar-refractivity contribution in [3.05, 3.63) is 158 Å². The Morgan fingerprint density at radius 3 is 1.25 bits per heavy atom. The Morgan fingerprint density at radius 2 is 0.734 bits per heavy atom. The molecule has 0 aliphatic rings. The quantitative estimate of drug-likeness (QED) is 0.0200. The third-order valence-electron chi connectivity index (χ3n) is 9.39. The highest BCUT2D eigenvalue weighted by Gasteiger charge is 2.19. The lowest BCUT2D eigenvalue weighted by Crippen LogP contribution is -2.30. The molecule has 1 unspecified atom stereocenters. The number of rotatable bonds is 41. The molecule has 1 atom stereocenters. The summed E-state index contributed by atoms with van der Waals surface area (Å²) in [6.07, 6.45) is 74.0. The van der Waals surface area contributed by atoms with E-state index in [1.165, 1.54) is 6.42 Å². The van der Waals surface area contributed by atoms with Crippen molar-refractivity contribution in [3.63, 3.8) is 0 Å². The van der Waals surface area contributed by atoms with E-state index in [1.807, 2.05) is 42.5 Å². The van der Waals surface area contributed by atoms with Crippen molar-refractivity contribution in [3.8, 4) is 0 Å². The molecule has 6 heteroatoms. The molecule has 0 saturated heterocycles. The molecule has 64 heavy (non-hydrogen) atoms. The Morgan fingerprint density at radius 1 is 0.359 bits per heavy atom. The normalized spacial score (nSPS) is 13.5. The van der Waals surface area contributed by atoms with Crippen LogP contribution in [0.25, 0.3) is 0 Å². The smallest absolute Gasteiger partial charge is 0.309 e. The third-order valence-corrected chi connectivity index (χ3v) is 9.39. The Balaban J connectivity index is 4.55. The molecule has 6 nitrogen and oxygen atoms in total. The van der Waals surface area contributed by atoms with Gasteiger partial charge in [0.25, 0.3) is 0 Å². The number of carbonyl (C=O) groups is 3. The van der Waals surface area contributed by atoms with Gasteiger partial charge in [-0.25, -0.2) is 0 Å². The number of hydrogen-bond acceptors (Lipinski definition) is 6. The zero-order chi connectivity index (χ0) is 46.5. The first-order valence-electron chi connectivity index (χ1n) is 24.6. The van der Waals surface area contributed by atoms with Crippen LogP contribution in [-0.4, -0.2) is 37.2 Å². The minimum Gasteiger partial charge on any atom is -0.462 e. The van der Waals surface area contributed by atoms with Crippen LogP contribution in [0.15, 0.2) is 158 Å². The molecule has 0 heterocycles. The summed E-state index contributed by atoms with van der Waals surface area (Å²) in [5, 5.41) is 0. The Kier molecular flexibility index (Phi) is 46.7. The van der Waals surface area contributed by atoms with Gasteiger partial charge in [0.2, 0.25) is 0 Å². The van der Waals surface area contributed by atoms with E-state index in [0.29, 0.717) is 12.8 Å². The maximum atomic E-state index is 12.8. The van der Waals surface area contributed by atoms with Crippen LogP contribution in [0.2, 0.25) is 0 Å². The summed E-state index contributed by atoms with van der Waals surface area (Å²) in [5.74, 6) is -1.14. The molecule has 0 bridgehead atoms. The van der Waals surface area contributed by atoms with Crippen molar-refractivity contribution in [1.29, 1.82) is 0 Å². The lowest BCUT2D eigenvalue weighted by molar-refractivity contribution is -0.166. The number of esters is 3. The molecule has 0 saturated carbocycles. The van der Waals surface area contributed by atoms with Crippen LogP contribution >= 0.6 is 0 Å². The minimum absolute atomic E-state index is 0.114. The molecule has 0 rings (SSSR count). The van der Waals surface area contributed by atoms with Crippen molar-refractivity contribution in [2.24, 2.45) is 0 Å².